The predicted octanol–water partition coefficient (Wildman–Crippen LogP) is 5.35. The van der Waals surface area contributed by atoms with E-state index in [4.69, 9.17) is 4.42 Å². The van der Waals surface area contributed by atoms with Crippen LogP contribution < -0.4 is 5.32 Å². The molecule has 3 aromatic carbocycles. The molecule has 0 aliphatic heterocycles. The number of rotatable bonds is 5. The van der Waals surface area contributed by atoms with Gasteiger partial charge < -0.3 is 9.73 Å². The number of oxazole rings is 1. The van der Waals surface area contributed by atoms with E-state index in [2.05, 4.69) is 25.5 Å². The van der Waals surface area contributed by atoms with Crippen LogP contribution in [0.15, 0.2) is 89.5 Å². The van der Waals surface area contributed by atoms with E-state index in [0.29, 0.717) is 34.3 Å². The molecule has 2 aromatic heterocycles. The SMILES string of the molecule is Cc1nc(-c2cccc(NC(=O)c3ccccc3-c3ncc(-c4ccccc4)o3)c2)n[nH]1. The Bertz CT molecular complexity index is 1390. The van der Waals surface area contributed by atoms with Crippen LogP contribution in [0.5, 0.6) is 0 Å². The number of benzene rings is 3. The Morgan fingerprint density at radius 3 is 2.53 bits per heavy atom. The van der Waals surface area contributed by atoms with E-state index in [0.717, 1.165) is 17.0 Å². The van der Waals surface area contributed by atoms with E-state index in [9.17, 15) is 4.79 Å². The van der Waals surface area contributed by atoms with Crippen LogP contribution in [-0.2, 0) is 0 Å². The van der Waals surface area contributed by atoms with Gasteiger partial charge in [0.05, 0.1) is 11.8 Å². The number of nitrogens with one attached hydrogen (secondary N) is 2. The van der Waals surface area contributed by atoms with E-state index in [-0.39, 0.29) is 5.91 Å². The Kier molecular flexibility index (Phi) is 5.05. The third kappa shape index (κ3) is 3.91. The van der Waals surface area contributed by atoms with E-state index < -0.39 is 0 Å². The van der Waals surface area contributed by atoms with Crippen LogP contribution >= 0.6 is 0 Å². The van der Waals surface area contributed by atoms with Crippen molar-refractivity contribution in [3.05, 3.63) is 96.4 Å². The predicted molar refractivity (Wildman–Crippen MR) is 122 cm³/mol. The molecule has 5 rings (SSSR count). The molecular weight excluding hydrogens is 402 g/mol. The fourth-order valence-electron chi connectivity index (χ4n) is 3.41. The van der Waals surface area contributed by atoms with Crippen molar-refractivity contribution in [2.45, 2.75) is 6.92 Å². The monoisotopic (exact) mass is 421 g/mol. The molecule has 7 heteroatoms. The number of amides is 1. The Labute approximate surface area is 184 Å². The smallest absolute Gasteiger partial charge is 0.256 e. The molecule has 0 bridgehead atoms. The van der Waals surface area contributed by atoms with Gasteiger partial charge in [0, 0.05) is 22.4 Å². The molecule has 156 valence electrons. The summed E-state index contributed by atoms with van der Waals surface area (Å²) in [6.45, 7) is 1.84. The van der Waals surface area contributed by atoms with Gasteiger partial charge in [-0.1, -0.05) is 54.6 Å². The van der Waals surface area contributed by atoms with Gasteiger partial charge in [0.25, 0.3) is 5.91 Å². The van der Waals surface area contributed by atoms with Crippen LogP contribution in [0.4, 0.5) is 5.69 Å². The first-order chi connectivity index (χ1) is 15.7. The molecule has 0 atom stereocenters. The van der Waals surface area contributed by atoms with Crippen molar-refractivity contribution >= 4 is 11.6 Å². The number of carbonyl (C=O) groups is 1. The van der Waals surface area contributed by atoms with Gasteiger partial charge in [-0.15, -0.1) is 0 Å². The van der Waals surface area contributed by atoms with Gasteiger partial charge in [-0.05, 0) is 31.2 Å². The maximum Gasteiger partial charge on any atom is 0.256 e. The topological polar surface area (TPSA) is 96.7 Å². The number of anilines is 1. The largest absolute Gasteiger partial charge is 0.436 e. The molecule has 2 heterocycles. The molecule has 0 radical (unpaired) electrons. The zero-order valence-electron chi connectivity index (χ0n) is 17.2. The lowest BCUT2D eigenvalue weighted by molar-refractivity contribution is 0.102. The van der Waals surface area contributed by atoms with Crippen LogP contribution in [-0.4, -0.2) is 26.1 Å². The maximum atomic E-state index is 13.1. The fraction of sp³-hybridized carbons (Fsp3) is 0.0400. The first-order valence-corrected chi connectivity index (χ1v) is 10.1. The fourth-order valence-corrected chi connectivity index (χ4v) is 3.41. The summed E-state index contributed by atoms with van der Waals surface area (Å²) in [5.74, 6) is 2.07. The normalized spacial score (nSPS) is 10.8. The quantitative estimate of drug-likeness (QED) is 0.398. The third-order valence-electron chi connectivity index (χ3n) is 4.94. The van der Waals surface area contributed by atoms with Crippen LogP contribution in [0.1, 0.15) is 16.2 Å². The van der Waals surface area contributed by atoms with Gasteiger partial charge in [0.2, 0.25) is 5.89 Å². The summed E-state index contributed by atoms with van der Waals surface area (Å²) >= 11 is 0. The standard InChI is InChI=1S/C25H19N5O2/c1-16-27-23(30-29-16)18-10-7-11-19(14-18)28-24(31)20-12-5-6-13-21(20)25-26-15-22(32-25)17-8-3-2-4-9-17/h2-15H,1H3,(H,28,31)(H,27,29,30). The summed E-state index contributed by atoms with van der Waals surface area (Å²) in [7, 11) is 0. The lowest BCUT2D eigenvalue weighted by Crippen LogP contribution is -2.13. The number of nitrogens with zero attached hydrogens (tertiary/aromatic N) is 3. The second-order valence-electron chi connectivity index (χ2n) is 7.22. The summed E-state index contributed by atoms with van der Waals surface area (Å²) in [5.41, 5.74) is 3.45. The minimum absolute atomic E-state index is 0.261. The highest BCUT2D eigenvalue weighted by atomic mass is 16.4. The Hall–Kier alpha value is -4.52. The summed E-state index contributed by atoms with van der Waals surface area (Å²) in [5, 5.41) is 9.95. The number of aromatic nitrogens is 4. The van der Waals surface area contributed by atoms with Crippen molar-refractivity contribution in [1.29, 1.82) is 0 Å². The molecule has 0 saturated heterocycles. The van der Waals surface area contributed by atoms with E-state index in [1.807, 2.05) is 79.7 Å². The minimum atomic E-state index is -0.261. The van der Waals surface area contributed by atoms with Gasteiger partial charge in [0.1, 0.15) is 5.82 Å². The van der Waals surface area contributed by atoms with Crippen LogP contribution in [0.25, 0.3) is 34.2 Å². The van der Waals surface area contributed by atoms with Crippen LogP contribution in [0.2, 0.25) is 0 Å². The molecule has 0 saturated carbocycles. The minimum Gasteiger partial charge on any atom is -0.436 e. The Morgan fingerprint density at radius 2 is 1.72 bits per heavy atom. The van der Waals surface area contributed by atoms with Crippen molar-refractivity contribution in [3.8, 4) is 34.2 Å². The molecule has 0 aliphatic carbocycles. The van der Waals surface area contributed by atoms with Crippen LogP contribution in [0.3, 0.4) is 0 Å². The second-order valence-corrected chi connectivity index (χ2v) is 7.22. The summed E-state index contributed by atoms with van der Waals surface area (Å²) in [6, 6.07) is 24.4. The lowest BCUT2D eigenvalue weighted by Gasteiger charge is -2.09. The number of hydrogen-bond donors (Lipinski definition) is 2. The number of aryl methyl sites for hydroxylation is 1. The molecule has 0 aliphatic rings. The highest BCUT2D eigenvalue weighted by molar-refractivity contribution is 6.08. The van der Waals surface area contributed by atoms with Crippen molar-refractivity contribution in [3.63, 3.8) is 0 Å². The summed E-state index contributed by atoms with van der Waals surface area (Å²) < 4.78 is 5.96. The Morgan fingerprint density at radius 1 is 0.938 bits per heavy atom. The molecule has 0 spiro atoms. The molecule has 32 heavy (non-hydrogen) atoms. The molecule has 7 nitrogen and oxygen atoms in total. The molecule has 1 amide bonds. The van der Waals surface area contributed by atoms with E-state index in [1.165, 1.54) is 0 Å². The van der Waals surface area contributed by atoms with E-state index in [1.54, 1.807) is 12.3 Å². The van der Waals surface area contributed by atoms with E-state index >= 15 is 0 Å². The zero-order chi connectivity index (χ0) is 21.9. The van der Waals surface area contributed by atoms with Crippen molar-refractivity contribution in [1.82, 2.24) is 20.2 Å². The lowest BCUT2D eigenvalue weighted by atomic mass is 10.1. The van der Waals surface area contributed by atoms with Gasteiger partial charge >= 0.3 is 0 Å². The molecule has 0 fully saturated rings. The third-order valence-corrected chi connectivity index (χ3v) is 4.94. The first-order valence-electron chi connectivity index (χ1n) is 10.1. The van der Waals surface area contributed by atoms with Gasteiger partial charge in [0.15, 0.2) is 11.6 Å². The number of hydrogen-bond acceptors (Lipinski definition) is 5. The van der Waals surface area contributed by atoms with Crippen molar-refractivity contribution < 1.29 is 9.21 Å². The number of H-pyrrole nitrogens is 1. The second kappa shape index (κ2) is 8.31. The first kappa shape index (κ1) is 19.4. The van der Waals surface area contributed by atoms with Crippen LogP contribution in [0, 0.1) is 6.92 Å². The number of carbonyl (C=O) groups excluding carboxylic acids is 1. The number of aromatic amines is 1. The highest BCUT2D eigenvalue weighted by Gasteiger charge is 2.17. The average Bonchev–Trinajstić information content (AvgIpc) is 3.49. The molecular formula is C25H19N5O2. The maximum absolute atomic E-state index is 13.1. The Balaban J connectivity index is 1.42. The average molecular weight is 421 g/mol. The van der Waals surface area contributed by atoms with Crippen molar-refractivity contribution in [2.75, 3.05) is 5.32 Å². The van der Waals surface area contributed by atoms with Crippen molar-refractivity contribution in [2.24, 2.45) is 0 Å². The summed E-state index contributed by atoms with van der Waals surface area (Å²) in [6.07, 6.45) is 1.67. The zero-order valence-corrected chi connectivity index (χ0v) is 17.2. The van der Waals surface area contributed by atoms with Gasteiger partial charge in [-0.2, -0.15) is 5.10 Å². The molecule has 5 aromatic rings. The highest BCUT2D eigenvalue weighted by Crippen LogP contribution is 2.29. The summed E-state index contributed by atoms with van der Waals surface area (Å²) in [4.78, 5) is 21.9. The van der Waals surface area contributed by atoms with Gasteiger partial charge in [-0.3, -0.25) is 9.89 Å². The molecule has 2 N–H and O–H groups in total. The molecule has 0 unspecified atom stereocenters. The van der Waals surface area contributed by atoms with Gasteiger partial charge in [-0.25, -0.2) is 9.97 Å².